The summed E-state index contributed by atoms with van der Waals surface area (Å²) in [6.07, 6.45) is -2.08. The zero-order valence-electron chi connectivity index (χ0n) is 19.6. The Hall–Kier alpha value is -3.36. The summed E-state index contributed by atoms with van der Waals surface area (Å²) in [5.74, 6) is -0.0361. The van der Waals surface area contributed by atoms with Crippen LogP contribution in [-0.2, 0) is 22.3 Å². The second-order valence-electron chi connectivity index (χ2n) is 8.27. The van der Waals surface area contributed by atoms with Gasteiger partial charge < -0.3 is 14.0 Å². The Balaban J connectivity index is 1.74. The van der Waals surface area contributed by atoms with Crippen molar-refractivity contribution in [2.75, 3.05) is 13.2 Å². The van der Waals surface area contributed by atoms with Crippen LogP contribution in [0.4, 0.5) is 17.6 Å². The predicted octanol–water partition coefficient (Wildman–Crippen LogP) is 6.50. The van der Waals surface area contributed by atoms with Crippen molar-refractivity contribution in [2.45, 2.75) is 45.8 Å². The van der Waals surface area contributed by atoms with Gasteiger partial charge in [-0.1, -0.05) is 25.1 Å². The summed E-state index contributed by atoms with van der Waals surface area (Å²) in [4.78, 5) is 15.6. The van der Waals surface area contributed by atoms with Crippen molar-refractivity contribution in [2.24, 2.45) is 5.92 Å². The van der Waals surface area contributed by atoms with Crippen LogP contribution in [0.3, 0.4) is 0 Å². The topological polar surface area (TPSA) is 53.4 Å². The smallest absolute Gasteiger partial charge is 0.433 e. The van der Waals surface area contributed by atoms with E-state index in [-0.39, 0.29) is 24.3 Å². The number of aromatic nitrogens is 2. The van der Waals surface area contributed by atoms with Crippen molar-refractivity contribution >= 4 is 5.97 Å². The third-order valence-electron chi connectivity index (χ3n) is 5.47. The Kier molecular flexibility index (Phi) is 8.89. The van der Waals surface area contributed by atoms with E-state index < -0.39 is 17.7 Å². The average molecular weight is 493 g/mol. The fourth-order valence-electron chi connectivity index (χ4n) is 3.76. The van der Waals surface area contributed by atoms with Gasteiger partial charge in [-0.15, -0.1) is 0 Å². The van der Waals surface area contributed by atoms with Crippen LogP contribution in [0.25, 0.3) is 11.4 Å². The number of carbonyl (C=O) groups is 1. The molecule has 2 aromatic carbocycles. The van der Waals surface area contributed by atoms with Gasteiger partial charge in [0.15, 0.2) is 0 Å². The molecule has 188 valence electrons. The largest absolute Gasteiger partial charge is 0.493 e. The number of nitrogens with zero attached hydrogens (tertiary/aromatic N) is 2. The molecule has 3 rings (SSSR count). The summed E-state index contributed by atoms with van der Waals surface area (Å²) in [7, 11) is 0. The Labute approximate surface area is 201 Å². The van der Waals surface area contributed by atoms with Crippen LogP contribution >= 0.6 is 0 Å². The molecule has 0 amide bonds. The molecule has 3 aromatic rings. The molecule has 1 heterocycles. The molecule has 0 aliphatic rings. The second kappa shape index (κ2) is 11.9. The van der Waals surface area contributed by atoms with Gasteiger partial charge in [0.25, 0.3) is 0 Å². The van der Waals surface area contributed by atoms with Crippen molar-refractivity contribution < 1.29 is 31.8 Å². The number of rotatable bonds is 11. The zero-order chi connectivity index (χ0) is 25.4. The van der Waals surface area contributed by atoms with E-state index in [0.29, 0.717) is 42.9 Å². The van der Waals surface area contributed by atoms with Crippen LogP contribution in [0.2, 0.25) is 0 Å². The highest BCUT2D eigenvalue weighted by Gasteiger charge is 2.36. The molecule has 0 fully saturated rings. The van der Waals surface area contributed by atoms with E-state index in [0.717, 1.165) is 17.2 Å². The lowest BCUT2D eigenvalue weighted by molar-refractivity contribution is -0.144. The normalized spacial score (nSPS) is 12.4. The molecule has 0 aliphatic heterocycles. The van der Waals surface area contributed by atoms with Crippen LogP contribution in [0.15, 0.2) is 54.7 Å². The van der Waals surface area contributed by atoms with Gasteiger partial charge in [0.2, 0.25) is 0 Å². The van der Waals surface area contributed by atoms with Crippen molar-refractivity contribution in [3.8, 4) is 17.1 Å². The maximum absolute atomic E-state index is 13.7. The molecule has 35 heavy (non-hydrogen) atoms. The summed E-state index contributed by atoms with van der Waals surface area (Å²) in [6.45, 7) is 4.29. The number of halogens is 4. The number of alkyl halides is 3. The standard InChI is InChI=1S/C26H28F4N2O3/c1-3-34-24(33)15-18(2)7-6-14-35-22-9-5-4-8-20(22)17-32-23(26(28,29)30)16-31-25(32)19-10-12-21(27)13-11-19/h4-5,8-13,16,18H,3,6-7,14-15,17H2,1-2H3/t18-/m1/s1. The predicted molar refractivity (Wildman–Crippen MR) is 123 cm³/mol. The third-order valence-corrected chi connectivity index (χ3v) is 5.47. The third kappa shape index (κ3) is 7.31. The Morgan fingerprint density at radius 3 is 2.51 bits per heavy atom. The number of carbonyl (C=O) groups excluding carboxylic acids is 1. The fourth-order valence-corrected chi connectivity index (χ4v) is 3.76. The molecule has 0 N–H and O–H groups in total. The lowest BCUT2D eigenvalue weighted by Gasteiger charge is -2.17. The molecule has 0 saturated carbocycles. The SMILES string of the molecule is CCOC(=O)C[C@H](C)CCCOc1ccccc1Cn1c(C(F)(F)F)cnc1-c1ccc(F)cc1. The van der Waals surface area contributed by atoms with E-state index in [2.05, 4.69) is 4.98 Å². The maximum atomic E-state index is 13.7. The zero-order valence-corrected chi connectivity index (χ0v) is 19.6. The molecule has 1 atom stereocenters. The second-order valence-corrected chi connectivity index (χ2v) is 8.27. The molecule has 9 heteroatoms. The highest BCUT2D eigenvalue weighted by atomic mass is 19.4. The van der Waals surface area contributed by atoms with Crippen molar-refractivity contribution in [1.82, 2.24) is 9.55 Å². The number of benzene rings is 2. The average Bonchev–Trinajstić information content (AvgIpc) is 3.22. The summed E-state index contributed by atoms with van der Waals surface area (Å²) in [5, 5.41) is 0. The van der Waals surface area contributed by atoms with Crippen LogP contribution in [0.1, 0.15) is 44.4 Å². The molecule has 1 aromatic heterocycles. The summed E-state index contributed by atoms with van der Waals surface area (Å²) in [6, 6.07) is 12.0. The minimum atomic E-state index is -4.61. The van der Waals surface area contributed by atoms with E-state index in [1.807, 2.05) is 6.92 Å². The first-order chi connectivity index (χ1) is 16.7. The molecular formula is C26H28F4N2O3. The quantitative estimate of drug-likeness (QED) is 0.174. The van der Waals surface area contributed by atoms with Crippen LogP contribution in [-0.4, -0.2) is 28.7 Å². The lowest BCUT2D eigenvalue weighted by atomic mass is 10.0. The van der Waals surface area contributed by atoms with Gasteiger partial charge in [-0.2, -0.15) is 13.2 Å². The van der Waals surface area contributed by atoms with E-state index >= 15 is 0 Å². The van der Waals surface area contributed by atoms with E-state index in [9.17, 15) is 22.4 Å². The minimum Gasteiger partial charge on any atom is -0.493 e. The Morgan fingerprint density at radius 2 is 1.83 bits per heavy atom. The highest BCUT2D eigenvalue weighted by molar-refractivity contribution is 5.69. The van der Waals surface area contributed by atoms with Crippen LogP contribution < -0.4 is 4.74 Å². The summed E-state index contributed by atoms with van der Waals surface area (Å²) < 4.78 is 66.4. The number of esters is 1. The molecule has 0 saturated heterocycles. The first-order valence-electron chi connectivity index (χ1n) is 11.4. The number of ether oxygens (including phenoxy) is 2. The van der Waals surface area contributed by atoms with Gasteiger partial charge in [0.1, 0.15) is 23.1 Å². The van der Waals surface area contributed by atoms with Crippen molar-refractivity contribution in [1.29, 1.82) is 0 Å². The number of hydrogen-bond acceptors (Lipinski definition) is 4. The monoisotopic (exact) mass is 492 g/mol. The first kappa shape index (κ1) is 26.2. The highest BCUT2D eigenvalue weighted by Crippen LogP contribution is 2.34. The number of imidazole rings is 1. The van der Waals surface area contributed by atoms with Gasteiger partial charge in [-0.25, -0.2) is 9.37 Å². The lowest BCUT2D eigenvalue weighted by Crippen LogP contribution is -2.16. The molecule has 0 aliphatic carbocycles. The number of hydrogen-bond donors (Lipinski definition) is 0. The Morgan fingerprint density at radius 1 is 1.11 bits per heavy atom. The number of para-hydroxylation sites is 1. The van der Waals surface area contributed by atoms with Gasteiger partial charge in [-0.3, -0.25) is 4.79 Å². The van der Waals surface area contributed by atoms with E-state index in [1.54, 1.807) is 31.2 Å². The molecule has 0 unspecified atom stereocenters. The van der Waals surface area contributed by atoms with Crippen LogP contribution in [0.5, 0.6) is 5.75 Å². The van der Waals surface area contributed by atoms with Gasteiger partial charge in [0.05, 0.1) is 26.0 Å². The summed E-state index contributed by atoms with van der Waals surface area (Å²) in [5.41, 5.74) is 0.0224. The van der Waals surface area contributed by atoms with Gasteiger partial charge in [0, 0.05) is 17.5 Å². The van der Waals surface area contributed by atoms with Gasteiger partial charge >= 0.3 is 12.1 Å². The first-order valence-corrected chi connectivity index (χ1v) is 11.4. The minimum absolute atomic E-state index is 0.0833. The van der Waals surface area contributed by atoms with Gasteiger partial charge in [-0.05, 0) is 56.0 Å². The van der Waals surface area contributed by atoms with Crippen LogP contribution in [0, 0.1) is 11.7 Å². The molecule has 0 radical (unpaired) electrons. The van der Waals surface area contributed by atoms with E-state index in [1.165, 1.54) is 24.3 Å². The summed E-state index contributed by atoms with van der Waals surface area (Å²) >= 11 is 0. The Bertz CT molecular complexity index is 1110. The maximum Gasteiger partial charge on any atom is 0.433 e. The van der Waals surface area contributed by atoms with E-state index in [4.69, 9.17) is 9.47 Å². The van der Waals surface area contributed by atoms with Crippen molar-refractivity contribution in [3.63, 3.8) is 0 Å². The molecule has 5 nitrogen and oxygen atoms in total. The molecule has 0 bridgehead atoms. The van der Waals surface area contributed by atoms with Crippen molar-refractivity contribution in [3.05, 3.63) is 71.8 Å². The molecular weight excluding hydrogens is 464 g/mol. The fraction of sp³-hybridized carbons (Fsp3) is 0.385. The molecule has 0 spiro atoms.